The highest BCUT2D eigenvalue weighted by molar-refractivity contribution is 7.80. The van der Waals surface area contributed by atoms with E-state index in [1.165, 1.54) is 103 Å². The van der Waals surface area contributed by atoms with Crippen molar-refractivity contribution in [1.29, 1.82) is 0 Å². The number of ether oxygens (including phenoxy) is 3. The average Bonchev–Trinajstić information content (AvgIpc) is 2.90. The van der Waals surface area contributed by atoms with E-state index in [1.54, 1.807) is 0 Å². The highest BCUT2D eigenvalue weighted by Gasteiger charge is 2.51. The number of carbonyl (C=O) groups is 1. The van der Waals surface area contributed by atoms with Gasteiger partial charge in [0.15, 0.2) is 6.29 Å². The molecule has 0 saturated heterocycles. The molecule has 0 aliphatic rings. The molecule has 0 spiro atoms. The first-order chi connectivity index (χ1) is 17.9. The minimum atomic E-state index is -2.52. The van der Waals surface area contributed by atoms with Crippen LogP contribution in [0.2, 0.25) is 0 Å². The van der Waals surface area contributed by atoms with Gasteiger partial charge < -0.3 is 14.6 Å². The van der Waals surface area contributed by atoms with Gasteiger partial charge in [0, 0.05) is 0 Å². The molecular formula is C29H58O6PS+. The fourth-order valence-electron chi connectivity index (χ4n) is 4.68. The van der Waals surface area contributed by atoms with Gasteiger partial charge in [-0.05, 0) is 18.8 Å². The summed E-state index contributed by atoms with van der Waals surface area (Å²) in [5.41, 5.74) is -2.91. The van der Waals surface area contributed by atoms with Gasteiger partial charge in [-0.1, -0.05) is 141 Å². The molecule has 0 aromatic heterocycles. The summed E-state index contributed by atoms with van der Waals surface area (Å²) >= 11 is 4.65. The number of carbonyl (C=O) groups excluding carboxylic acids is 1. The molecule has 6 nitrogen and oxygen atoms in total. The monoisotopic (exact) mass is 565 g/mol. The number of esters is 1. The number of aliphatic hydroxyl groups is 1. The third-order valence-electron chi connectivity index (χ3n) is 7.01. The topological polar surface area (TPSA) is 82.1 Å². The second-order valence-corrected chi connectivity index (χ2v) is 11.9. The minimum absolute atomic E-state index is 0.376. The van der Waals surface area contributed by atoms with E-state index in [2.05, 4.69) is 31.2 Å². The second-order valence-electron chi connectivity index (χ2n) is 10.4. The Morgan fingerprint density at radius 1 is 0.811 bits per heavy atom. The molecule has 0 aliphatic heterocycles. The van der Waals surface area contributed by atoms with Crippen LogP contribution in [-0.4, -0.2) is 35.4 Å². The summed E-state index contributed by atoms with van der Waals surface area (Å²) in [6.07, 6.45) is 23.6. The van der Waals surface area contributed by atoms with Crippen LogP contribution < -0.4 is 0 Å². The zero-order valence-electron chi connectivity index (χ0n) is 24.3. The van der Waals surface area contributed by atoms with Crippen molar-refractivity contribution < 1.29 is 28.7 Å². The maximum Gasteiger partial charge on any atom is 0.472 e. The Morgan fingerprint density at radius 3 is 1.62 bits per heavy atom. The highest BCUT2D eigenvalue weighted by atomic mass is 32.1. The fourth-order valence-corrected chi connectivity index (χ4v) is 5.48. The standard InChI is InChI=1S/C29H57O6PS/c1-5-8-10-12-13-14-15-16-17-19-21-23-25(22-20-18-11-9-6-2)24-27(37)34-26(7-3)35-29(31,36-32)28(30)33-4/h25-27,31,37H,5-24H2,1-4H3/p+1. The molecular weight excluding hydrogens is 507 g/mol. The van der Waals surface area contributed by atoms with Crippen molar-refractivity contribution in [2.24, 2.45) is 5.92 Å². The molecule has 0 fully saturated rings. The van der Waals surface area contributed by atoms with Crippen molar-refractivity contribution in [2.45, 2.75) is 166 Å². The molecule has 220 valence electrons. The molecule has 5 atom stereocenters. The third-order valence-corrected chi connectivity index (χ3v) is 7.94. The normalized spacial score (nSPS) is 15.8. The van der Waals surface area contributed by atoms with Crippen LogP contribution in [-0.2, 0) is 23.6 Å². The van der Waals surface area contributed by atoms with Gasteiger partial charge in [-0.2, -0.15) is 0 Å². The lowest BCUT2D eigenvalue weighted by Crippen LogP contribution is -2.41. The smallest absolute Gasteiger partial charge is 0.461 e. The number of hydrogen-bond donors (Lipinski definition) is 2. The Balaban J connectivity index is 4.53. The average molecular weight is 566 g/mol. The summed E-state index contributed by atoms with van der Waals surface area (Å²) < 4.78 is 27.2. The summed E-state index contributed by atoms with van der Waals surface area (Å²) in [6.45, 7) is 6.31. The molecule has 0 amide bonds. The maximum absolute atomic E-state index is 11.8. The number of unbranched alkanes of at least 4 members (excludes halogenated alkanes) is 14. The second kappa shape index (κ2) is 24.8. The Bertz CT molecular complexity index is 552. The lowest BCUT2D eigenvalue weighted by Gasteiger charge is -2.26. The minimum Gasteiger partial charge on any atom is -0.461 e. The van der Waals surface area contributed by atoms with E-state index in [-0.39, 0.29) is 0 Å². The van der Waals surface area contributed by atoms with Crippen LogP contribution in [0.4, 0.5) is 0 Å². The maximum atomic E-state index is 11.8. The van der Waals surface area contributed by atoms with E-state index in [0.717, 1.165) is 26.4 Å². The SMILES string of the molecule is CCCCCCCCCCCCCC(CCCCCCC)CC(S)OC(CC)OC(O)([PH+]=O)C(=O)OC. The van der Waals surface area contributed by atoms with Crippen LogP contribution >= 0.6 is 21.1 Å². The zero-order valence-corrected chi connectivity index (χ0v) is 26.2. The molecule has 0 bridgehead atoms. The van der Waals surface area contributed by atoms with E-state index in [4.69, 9.17) is 9.47 Å². The summed E-state index contributed by atoms with van der Waals surface area (Å²) in [6, 6.07) is 0. The molecule has 8 heteroatoms. The van der Waals surface area contributed by atoms with Gasteiger partial charge in [0.2, 0.25) is 0 Å². The van der Waals surface area contributed by atoms with Gasteiger partial charge >= 0.3 is 20.0 Å². The lowest BCUT2D eigenvalue weighted by molar-refractivity contribution is -0.257. The number of rotatable bonds is 27. The Kier molecular flexibility index (Phi) is 24.7. The molecule has 0 aliphatic carbocycles. The van der Waals surface area contributed by atoms with Gasteiger partial charge in [0.1, 0.15) is 5.44 Å². The Hall–Kier alpha value is -0.200. The van der Waals surface area contributed by atoms with Crippen molar-refractivity contribution in [1.82, 2.24) is 0 Å². The van der Waals surface area contributed by atoms with Gasteiger partial charge in [-0.3, -0.25) is 4.74 Å². The van der Waals surface area contributed by atoms with Gasteiger partial charge in [0.25, 0.3) is 0 Å². The number of methoxy groups -OCH3 is 1. The molecule has 0 aromatic rings. The van der Waals surface area contributed by atoms with Crippen LogP contribution in [0.25, 0.3) is 0 Å². The van der Waals surface area contributed by atoms with Gasteiger partial charge in [-0.15, -0.1) is 12.6 Å². The Morgan fingerprint density at radius 2 is 1.24 bits per heavy atom. The summed E-state index contributed by atoms with van der Waals surface area (Å²) in [5, 5.41) is 10.2. The lowest BCUT2D eigenvalue weighted by atomic mass is 9.91. The Labute approximate surface area is 235 Å². The van der Waals surface area contributed by atoms with E-state index in [1.807, 2.05) is 6.92 Å². The number of thiol groups is 1. The largest absolute Gasteiger partial charge is 0.472 e. The molecule has 0 saturated carbocycles. The van der Waals surface area contributed by atoms with Crippen LogP contribution in [0.1, 0.15) is 149 Å². The van der Waals surface area contributed by atoms with Crippen molar-refractivity contribution in [3.63, 3.8) is 0 Å². The first kappa shape index (κ1) is 36.8. The predicted molar refractivity (Wildman–Crippen MR) is 158 cm³/mol. The van der Waals surface area contributed by atoms with Crippen LogP contribution in [0, 0.1) is 5.92 Å². The molecule has 37 heavy (non-hydrogen) atoms. The van der Waals surface area contributed by atoms with Gasteiger partial charge in [0.05, 0.1) is 7.11 Å². The molecule has 0 aromatic carbocycles. The molecule has 0 heterocycles. The van der Waals surface area contributed by atoms with Crippen molar-refractivity contribution >= 4 is 27.1 Å². The quantitative estimate of drug-likeness (QED) is 0.0340. The van der Waals surface area contributed by atoms with E-state index in [0.29, 0.717) is 12.3 Å². The molecule has 0 rings (SSSR count). The first-order valence-electron chi connectivity index (χ1n) is 15.1. The molecule has 0 radical (unpaired) electrons. The van der Waals surface area contributed by atoms with E-state index in [9.17, 15) is 14.5 Å². The number of hydrogen-bond acceptors (Lipinski definition) is 7. The van der Waals surface area contributed by atoms with Crippen LogP contribution in [0.5, 0.6) is 0 Å². The fraction of sp³-hybridized carbons (Fsp3) is 0.966. The van der Waals surface area contributed by atoms with Crippen molar-refractivity contribution in [3.05, 3.63) is 0 Å². The van der Waals surface area contributed by atoms with Crippen molar-refractivity contribution in [3.8, 4) is 0 Å². The molecule has 1 N–H and O–H groups in total. The first-order valence-corrected chi connectivity index (χ1v) is 16.5. The summed E-state index contributed by atoms with van der Waals surface area (Å²) in [5.74, 6) is -0.582. The van der Waals surface area contributed by atoms with E-state index >= 15 is 0 Å². The third kappa shape index (κ3) is 19.5. The van der Waals surface area contributed by atoms with Gasteiger partial charge in [-0.25, -0.2) is 4.79 Å². The zero-order chi connectivity index (χ0) is 27.8. The van der Waals surface area contributed by atoms with Crippen LogP contribution in [0.3, 0.4) is 0 Å². The summed E-state index contributed by atoms with van der Waals surface area (Å²) in [4.78, 5) is 11.8. The van der Waals surface area contributed by atoms with E-state index < -0.39 is 31.7 Å². The van der Waals surface area contributed by atoms with Crippen molar-refractivity contribution in [2.75, 3.05) is 7.11 Å². The highest BCUT2D eigenvalue weighted by Crippen LogP contribution is 2.30. The summed E-state index contributed by atoms with van der Waals surface area (Å²) in [7, 11) is -0.310. The molecule has 5 unspecified atom stereocenters. The predicted octanol–water partition coefficient (Wildman–Crippen LogP) is 8.92. The van der Waals surface area contributed by atoms with Crippen LogP contribution in [0.15, 0.2) is 0 Å².